The van der Waals surface area contributed by atoms with E-state index in [-0.39, 0.29) is 29.6 Å². The van der Waals surface area contributed by atoms with Gasteiger partial charge in [-0.2, -0.15) is 0 Å². The Morgan fingerprint density at radius 3 is 2.67 bits per heavy atom. The molecule has 0 bridgehead atoms. The van der Waals surface area contributed by atoms with E-state index in [2.05, 4.69) is 4.98 Å². The van der Waals surface area contributed by atoms with Crippen molar-refractivity contribution in [1.29, 1.82) is 0 Å². The zero-order valence-corrected chi connectivity index (χ0v) is 9.03. The second kappa shape index (κ2) is 4.68. The molecule has 0 amide bonds. The Morgan fingerprint density at radius 2 is 2.13 bits per heavy atom. The lowest BCUT2D eigenvalue weighted by molar-refractivity contribution is -0.134. The first-order chi connectivity index (χ1) is 7.06. The normalized spacial score (nSPS) is 9.80. The monoisotopic (exact) mass is 207 g/mol. The molecule has 0 saturated heterocycles. The predicted molar refractivity (Wildman–Crippen MR) is 54.9 cm³/mol. The summed E-state index contributed by atoms with van der Waals surface area (Å²) in [4.78, 5) is 26.3. The van der Waals surface area contributed by atoms with Crippen LogP contribution in [0.2, 0.25) is 0 Å². The maximum absolute atomic E-state index is 11.2. The highest BCUT2D eigenvalue weighted by Gasteiger charge is 2.15. The molecule has 0 aromatic carbocycles. The van der Waals surface area contributed by atoms with Crippen molar-refractivity contribution >= 4 is 11.8 Å². The third-order valence-electron chi connectivity index (χ3n) is 1.94. The molecule has 0 aliphatic rings. The van der Waals surface area contributed by atoms with E-state index in [4.69, 9.17) is 4.74 Å². The van der Waals surface area contributed by atoms with Gasteiger partial charge in [0, 0.05) is 19.5 Å². The minimum atomic E-state index is -0.367. The van der Waals surface area contributed by atoms with E-state index in [1.54, 1.807) is 19.9 Å². The summed E-state index contributed by atoms with van der Waals surface area (Å²) in [7, 11) is 0. The van der Waals surface area contributed by atoms with E-state index in [0.717, 1.165) is 5.56 Å². The molecule has 4 heteroatoms. The number of ether oxygens (including phenoxy) is 1. The molecule has 0 aliphatic carbocycles. The first-order valence-corrected chi connectivity index (χ1v) is 4.73. The average molecular weight is 207 g/mol. The van der Waals surface area contributed by atoms with Gasteiger partial charge in [0.05, 0.1) is 0 Å². The van der Waals surface area contributed by atoms with Crippen LogP contribution in [0.3, 0.4) is 0 Å². The summed E-state index contributed by atoms with van der Waals surface area (Å²) in [5, 5.41) is 0. The van der Waals surface area contributed by atoms with Gasteiger partial charge in [0.15, 0.2) is 11.5 Å². The van der Waals surface area contributed by atoms with Gasteiger partial charge in [-0.15, -0.1) is 0 Å². The van der Waals surface area contributed by atoms with Crippen molar-refractivity contribution < 1.29 is 14.3 Å². The first kappa shape index (κ1) is 11.4. The van der Waals surface area contributed by atoms with Gasteiger partial charge in [-0.3, -0.25) is 9.59 Å². The molecule has 0 saturated carbocycles. The molecule has 1 heterocycles. The molecule has 1 aromatic rings. The Labute approximate surface area is 88.3 Å². The minimum Gasteiger partial charge on any atom is -0.424 e. The summed E-state index contributed by atoms with van der Waals surface area (Å²) in [6.45, 7) is 4.86. The van der Waals surface area contributed by atoms with Crippen molar-refractivity contribution in [3.63, 3.8) is 0 Å². The average Bonchev–Trinajstić information content (AvgIpc) is 2.20. The van der Waals surface area contributed by atoms with E-state index >= 15 is 0 Å². The van der Waals surface area contributed by atoms with E-state index in [1.165, 1.54) is 13.1 Å². The molecular weight excluding hydrogens is 194 g/mol. The number of Topliss-reactive ketones (excluding diaryl/α,β-unsaturated/α-hetero) is 1. The number of carbonyl (C=O) groups excluding carboxylic acids is 2. The summed E-state index contributed by atoms with van der Waals surface area (Å²) >= 11 is 0. The number of nitrogens with zero attached hydrogens (tertiary/aromatic N) is 1. The lowest BCUT2D eigenvalue weighted by Gasteiger charge is -2.08. The Bertz CT molecular complexity index is 399. The van der Waals surface area contributed by atoms with Crippen molar-refractivity contribution in [3.8, 4) is 5.75 Å². The molecule has 15 heavy (non-hydrogen) atoms. The molecular formula is C11H13NO3. The third kappa shape index (κ3) is 2.62. The number of hydrogen-bond acceptors (Lipinski definition) is 4. The molecule has 0 atom stereocenters. The van der Waals surface area contributed by atoms with Crippen molar-refractivity contribution in [1.82, 2.24) is 4.98 Å². The van der Waals surface area contributed by atoms with Crippen molar-refractivity contribution in [2.75, 3.05) is 0 Å². The smallest absolute Gasteiger partial charge is 0.310 e. The number of rotatable bonds is 3. The third-order valence-corrected chi connectivity index (χ3v) is 1.94. The fourth-order valence-corrected chi connectivity index (χ4v) is 1.11. The summed E-state index contributed by atoms with van der Waals surface area (Å²) < 4.78 is 5.06. The van der Waals surface area contributed by atoms with Gasteiger partial charge >= 0.3 is 5.97 Å². The molecule has 1 rings (SSSR count). The Hall–Kier alpha value is -1.71. The van der Waals surface area contributed by atoms with Gasteiger partial charge in [0.2, 0.25) is 0 Å². The van der Waals surface area contributed by atoms with Crippen LogP contribution >= 0.6 is 0 Å². The summed E-state index contributed by atoms with van der Waals surface area (Å²) in [5.41, 5.74) is 0.939. The van der Waals surface area contributed by atoms with Crippen LogP contribution < -0.4 is 4.74 Å². The molecule has 0 radical (unpaired) electrons. The molecule has 0 fully saturated rings. The van der Waals surface area contributed by atoms with Crippen LogP contribution in [0.15, 0.2) is 12.3 Å². The molecule has 4 nitrogen and oxygen atoms in total. The van der Waals surface area contributed by atoms with E-state index in [1.807, 2.05) is 0 Å². The number of esters is 1. The van der Waals surface area contributed by atoms with E-state index in [9.17, 15) is 9.59 Å². The number of aryl methyl sites for hydroxylation is 1. The van der Waals surface area contributed by atoms with Crippen LogP contribution in [0.5, 0.6) is 5.75 Å². The van der Waals surface area contributed by atoms with Gasteiger partial charge < -0.3 is 4.74 Å². The highest BCUT2D eigenvalue weighted by Crippen LogP contribution is 2.22. The predicted octanol–water partition coefficient (Wildman–Crippen LogP) is 1.91. The molecule has 0 N–H and O–H groups in total. The number of carbonyl (C=O) groups is 2. The van der Waals surface area contributed by atoms with Crippen LogP contribution in [0.4, 0.5) is 0 Å². The Morgan fingerprint density at radius 1 is 1.47 bits per heavy atom. The number of ketones is 1. The van der Waals surface area contributed by atoms with Gasteiger partial charge in [0.25, 0.3) is 0 Å². The van der Waals surface area contributed by atoms with Crippen LogP contribution in [-0.4, -0.2) is 16.7 Å². The minimum absolute atomic E-state index is 0.205. The first-order valence-electron chi connectivity index (χ1n) is 4.73. The fourth-order valence-electron chi connectivity index (χ4n) is 1.11. The second-order valence-corrected chi connectivity index (χ2v) is 3.19. The van der Waals surface area contributed by atoms with Gasteiger partial charge in [-0.1, -0.05) is 6.92 Å². The highest BCUT2D eigenvalue weighted by atomic mass is 16.5. The van der Waals surface area contributed by atoms with E-state index < -0.39 is 0 Å². The second-order valence-electron chi connectivity index (χ2n) is 3.19. The summed E-state index contributed by atoms with van der Waals surface area (Å²) in [6.07, 6.45) is 1.79. The quantitative estimate of drug-likeness (QED) is 0.561. The molecule has 80 valence electrons. The zero-order valence-electron chi connectivity index (χ0n) is 9.03. The lowest BCUT2D eigenvalue weighted by Crippen LogP contribution is -2.11. The number of hydrogen-bond donors (Lipinski definition) is 0. The maximum Gasteiger partial charge on any atom is 0.310 e. The highest BCUT2D eigenvalue weighted by molar-refractivity contribution is 5.96. The largest absolute Gasteiger partial charge is 0.424 e. The number of pyridine rings is 1. The fraction of sp³-hybridized carbons (Fsp3) is 0.364. The Balaban J connectivity index is 3.13. The van der Waals surface area contributed by atoms with Crippen molar-refractivity contribution in [2.45, 2.75) is 27.2 Å². The summed E-state index contributed by atoms with van der Waals surface area (Å²) in [5.74, 6) is -0.303. The van der Waals surface area contributed by atoms with Crippen LogP contribution in [0, 0.1) is 6.92 Å². The molecule has 1 aromatic heterocycles. The van der Waals surface area contributed by atoms with Crippen LogP contribution in [-0.2, 0) is 4.79 Å². The van der Waals surface area contributed by atoms with Gasteiger partial charge in [-0.05, 0) is 18.6 Å². The van der Waals surface area contributed by atoms with Crippen LogP contribution in [0.1, 0.15) is 36.3 Å². The topological polar surface area (TPSA) is 56.3 Å². The maximum atomic E-state index is 11.2. The van der Waals surface area contributed by atoms with Gasteiger partial charge in [0.1, 0.15) is 5.69 Å². The van der Waals surface area contributed by atoms with E-state index in [0.29, 0.717) is 0 Å². The Kier molecular flexibility index (Phi) is 3.55. The van der Waals surface area contributed by atoms with Gasteiger partial charge in [-0.25, -0.2) is 4.98 Å². The molecule has 0 unspecified atom stereocenters. The molecule has 0 aliphatic heterocycles. The molecule has 0 spiro atoms. The SMILES string of the molecule is CCC(=O)Oc1c(C)ccnc1C(C)=O. The number of aromatic nitrogens is 1. The zero-order chi connectivity index (χ0) is 11.4. The van der Waals surface area contributed by atoms with Crippen molar-refractivity contribution in [3.05, 3.63) is 23.5 Å². The van der Waals surface area contributed by atoms with Crippen molar-refractivity contribution in [2.24, 2.45) is 0 Å². The standard InChI is InChI=1S/C11H13NO3/c1-4-9(14)15-11-7(2)5-6-12-10(11)8(3)13/h5-6H,4H2,1-3H3. The lowest BCUT2D eigenvalue weighted by atomic mass is 10.2. The van der Waals surface area contributed by atoms with Crippen LogP contribution in [0.25, 0.3) is 0 Å². The summed E-state index contributed by atoms with van der Waals surface area (Å²) in [6, 6.07) is 1.70.